The van der Waals surface area contributed by atoms with Crippen molar-refractivity contribution in [3.8, 4) is 11.3 Å². The van der Waals surface area contributed by atoms with E-state index >= 15 is 0 Å². The van der Waals surface area contributed by atoms with Crippen LogP contribution in [0, 0.1) is 6.92 Å². The maximum atomic E-state index is 4.60. The van der Waals surface area contributed by atoms with Crippen LogP contribution in [0.25, 0.3) is 22.2 Å². The largest absolute Gasteiger partial charge is 1.00 e. The Kier molecular flexibility index (Phi) is 5.11. The number of rotatable bonds is 3. The van der Waals surface area contributed by atoms with Gasteiger partial charge in [-0.1, -0.05) is 48.5 Å². The minimum Gasteiger partial charge on any atom is -1.00 e. The molecule has 4 aromatic rings. The number of benzene rings is 2. The number of halogens is 1. The van der Waals surface area contributed by atoms with Crippen molar-refractivity contribution in [1.82, 2.24) is 4.98 Å². The maximum absolute atomic E-state index is 4.60. The number of hydrogen-bond donors (Lipinski definition) is 1. The van der Waals surface area contributed by atoms with Crippen molar-refractivity contribution in [2.45, 2.75) is 6.92 Å². The molecule has 126 valence electrons. The lowest BCUT2D eigenvalue weighted by Gasteiger charge is -1.97. The smallest absolute Gasteiger partial charge is 0.408 e. The van der Waals surface area contributed by atoms with Crippen molar-refractivity contribution in [3.05, 3.63) is 65.7 Å². The van der Waals surface area contributed by atoms with Gasteiger partial charge < -0.3 is 22.0 Å². The fourth-order valence-corrected chi connectivity index (χ4v) is 3.58. The lowest BCUT2D eigenvalue weighted by molar-refractivity contribution is -0.654. The fourth-order valence-electron chi connectivity index (χ4n) is 2.80. The second-order valence-electron chi connectivity index (χ2n) is 5.70. The topological polar surface area (TPSA) is 44.4 Å². The van der Waals surface area contributed by atoms with E-state index < -0.39 is 0 Å². The third-order valence-electron chi connectivity index (χ3n) is 3.91. The molecule has 4 rings (SSSR count). The summed E-state index contributed by atoms with van der Waals surface area (Å²) in [5.41, 5.74) is 4.05. The molecule has 4 nitrogen and oxygen atoms in total. The molecule has 2 heterocycles. The molecule has 0 spiro atoms. The van der Waals surface area contributed by atoms with Crippen molar-refractivity contribution >= 4 is 33.1 Å². The summed E-state index contributed by atoms with van der Waals surface area (Å²) >= 11 is 1.64. The summed E-state index contributed by atoms with van der Waals surface area (Å²) in [6, 6.07) is 18.4. The van der Waals surface area contributed by atoms with E-state index in [1.165, 1.54) is 4.88 Å². The van der Waals surface area contributed by atoms with Crippen molar-refractivity contribution in [1.29, 1.82) is 0 Å². The average Bonchev–Trinajstić information content (AvgIpc) is 3.13. The predicted octanol–water partition coefficient (Wildman–Crippen LogP) is 2.45. The van der Waals surface area contributed by atoms with E-state index in [-0.39, 0.29) is 17.0 Å². The zero-order valence-electron chi connectivity index (χ0n) is 13.9. The average molecular weight is 413 g/mol. The summed E-state index contributed by atoms with van der Waals surface area (Å²) in [6.07, 6.45) is 2.06. The van der Waals surface area contributed by atoms with Gasteiger partial charge in [0.05, 0.1) is 17.9 Å². The van der Waals surface area contributed by atoms with Crippen LogP contribution in [0.5, 0.6) is 0 Å². The van der Waals surface area contributed by atoms with Gasteiger partial charge in [0.25, 0.3) is 0 Å². The molecule has 0 bridgehead atoms. The lowest BCUT2D eigenvalue weighted by Crippen LogP contribution is -3.00. The molecule has 6 heteroatoms. The van der Waals surface area contributed by atoms with Crippen molar-refractivity contribution in [3.63, 3.8) is 0 Å². The molecule has 0 aliphatic heterocycles. The molecule has 1 N–H and O–H groups in total. The SMILES string of the molecule is Cc1c[n+](C)c(/N=N/c2c(-c3ccccc3)[nH]c3ccccc23)s1.[Br-]. The molecular formula is C19H17BrN4S. The van der Waals surface area contributed by atoms with E-state index in [2.05, 4.69) is 52.6 Å². The van der Waals surface area contributed by atoms with Gasteiger partial charge in [0.2, 0.25) is 0 Å². The Morgan fingerprint density at radius 3 is 2.40 bits per heavy atom. The van der Waals surface area contributed by atoms with Crippen molar-refractivity contribution in [2.75, 3.05) is 0 Å². The molecule has 0 unspecified atom stereocenters. The lowest BCUT2D eigenvalue weighted by atomic mass is 10.1. The van der Waals surface area contributed by atoms with Crippen LogP contribution in [0.3, 0.4) is 0 Å². The number of nitrogens with one attached hydrogen (secondary N) is 1. The van der Waals surface area contributed by atoms with E-state index in [0.29, 0.717) is 0 Å². The minimum absolute atomic E-state index is 0. The second kappa shape index (κ2) is 7.29. The Balaban J connectivity index is 0.00000182. The zero-order valence-corrected chi connectivity index (χ0v) is 16.3. The monoisotopic (exact) mass is 412 g/mol. The van der Waals surface area contributed by atoms with Crippen LogP contribution in [-0.2, 0) is 7.05 Å². The van der Waals surface area contributed by atoms with Crippen LogP contribution in [0.4, 0.5) is 10.8 Å². The van der Waals surface area contributed by atoms with E-state index in [1.54, 1.807) is 11.3 Å². The number of aryl methyl sites for hydroxylation is 2. The summed E-state index contributed by atoms with van der Waals surface area (Å²) in [4.78, 5) is 4.70. The first kappa shape index (κ1) is 17.5. The third kappa shape index (κ3) is 3.41. The second-order valence-corrected chi connectivity index (χ2v) is 6.91. The molecule has 2 aromatic heterocycles. The number of hydrogen-bond acceptors (Lipinski definition) is 3. The first-order valence-electron chi connectivity index (χ1n) is 7.76. The number of aromatic nitrogens is 2. The fraction of sp³-hybridized carbons (Fsp3) is 0.105. The minimum atomic E-state index is 0. The number of fused-ring (bicyclic) bond motifs is 1. The summed E-state index contributed by atoms with van der Waals surface area (Å²) in [7, 11) is 1.99. The van der Waals surface area contributed by atoms with E-state index in [4.69, 9.17) is 0 Å². The van der Waals surface area contributed by atoms with Gasteiger partial charge in [-0.05, 0) is 29.4 Å². The molecule has 0 saturated carbocycles. The van der Waals surface area contributed by atoms with E-state index in [0.717, 1.165) is 33.0 Å². The molecule has 2 aromatic carbocycles. The number of para-hydroxylation sites is 1. The van der Waals surface area contributed by atoms with Gasteiger partial charge in [-0.25, -0.2) is 4.57 Å². The number of aromatic amines is 1. The third-order valence-corrected chi connectivity index (χ3v) is 4.89. The Labute approximate surface area is 160 Å². The summed E-state index contributed by atoms with van der Waals surface area (Å²) < 4.78 is 2.00. The quantitative estimate of drug-likeness (QED) is 0.396. The van der Waals surface area contributed by atoms with Crippen LogP contribution in [0.1, 0.15) is 4.88 Å². The summed E-state index contributed by atoms with van der Waals surface area (Å²) in [5, 5.41) is 11.1. The molecular weight excluding hydrogens is 396 g/mol. The van der Waals surface area contributed by atoms with Gasteiger partial charge in [-0.2, -0.15) is 0 Å². The molecule has 25 heavy (non-hydrogen) atoms. The number of thiazole rings is 1. The van der Waals surface area contributed by atoms with Gasteiger partial charge in [0.15, 0.2) is 0 Å². The highest BCUT2D eigenvalue weighted by Crippen LogP contribution is 2.38. The highest BCUT2D eigenvalue weighted by atomic mass is 79.9. The number of H-pyrrole nitrogens is 1. The Morgan fingerprint density at radius 1 is 0.960 bits per heavy atom. The van der Waals surface area contributed by atoms with E-state index in [9.17, 15) is 0 Å². The maximum Gasteiger partial charge on any atom is 0.408 e. The molecule has 0 amide bonds. The van der Waals surface area contributed by atoms with Crippen LogP contribution in [0.2, 0.25) is 0 Å². The molecule has 0 radical (unpaired) electrons. The molecule has 0 aliphatic carbocycles. The Bertz CT molecular complexity index is 1030. The van der Waals surface area contributed by atoms with Gasteiger partial charge in [0.1, 0.15) is 11.9 Å². The van der Waals surface area contributed by atoms with Gasteiger partial charge in [-0.15, -0.1) is 0 Å². The molecule has 0 fully saturated rings. The zero-order chi connectivity index (χ0) is 16.5. The normalized spacial score (nSPS) is 11.1. The highest BCUT2D eigenvalue weighted by Gasteiger charge is 2.16. The highest BCUT2D eigenvalue weighted by molar-refractivity contribution is 7.14. The van der Waals surface area contributed by atoms with Gasteiger partial charge in [0, 0.05) is 21.3 Å². The standard InChI is InChI=1S/C19H16N4S.BrH/c1-13-12-23(2)19(24-13)22-21-18-15-10-6-7-11-16(15)20-17(18)14-8-4-3-5-9-14;/h3-12H,1-2H3;1H. The number of nitrogens with zero attached hydrogens (tertiary/aromatic N) is 3. The predicted molar refractivity (Wildman–Crippen MR) is 98.1 cm³/mol. The van der Waals surface area contributed by atoms with Crippen LogP contribution in [0.15, 0.2) is 71.0 Å². The van der Waals surface area contributed by atoms with Crippen LogP contribution >= 0.6 is 11.3 Å². The van der Waals surface area contributed by atoms with Crippen LogP contribution in [-0.4, -0.2) is 4.98 Å². The molecule has 0 aliphatic rings. The first-order chi connectivity index (χ1) is 11.7. The van der Waals surface area contributed by atoms with Gasteiger partial charge in [-0.3, -0.25) is 0 Å². The molecule has 0 saturated heterocycles. The van der Waals surface area contributed by atoms with Crippen LogP contribution < -0.4 is 21.5 Å². The summed E-state index contributed by atoms with van der Waals surface area (Å²) in [6.45, 7) is 2.07. The summed E-state index contributed by atoms with van der Waals surface area (Å²) in [5.74, 6) is 0. The van der Waals surface area contributed by atoms with E-state index in [1.807, 2.05) is 41.9 Å². The van der Waals surface area contributed by atoms with Crippen molar-refractivity contribution < 1.29 is 21.5 Å². The first-order valence-corrected chi connectivity index (χ1v) is 8.58. The number of azo groups is 1. The molecule has 0 atom stereocenters. The Morgan fingerprint density at radius 2 is 1.68 bits per heavy atom. The van der Waals surface area contributed by atoms with Crippen molar-refractivity contribution in [2.24, 2.45) is 17.3 Å². The van der Waals surface area contributed by atoms with Gasteiger partial charge >= 0.3 is 5.13 Å². The Hall–Kier alpha value is -2.31.